The van der Waals surface area contributed by atoms with Crippen LogP contribution in [0.2, 0.25) is 0 Å². The first-order chi connectivity index (χ1) is 9.28. The fourth-order valence-electron chi connectivity index (χ4n) is 2.25. The van der Waals surface area contributed by atoms with E-state index < -0.39 is 0 Å². The standard InChI is InChI=1S/C12H16N4O2S.3ClH/c1-2-18-11(17)9-7-16-12(14-9)19-10(15-16)8-4-3-5-13-6-8;;;/h7-8,13H,2-6H2,1H3;3*1H. The van der Waals surface area contributed by atoms with Crippen molar-refractivity contribution in [2.24, 2.45) is 0 Å². The zero-order valence-corrected chi connectivity index (χ0v) is 15.2. The molecule has 0 radical (unpaired) electrons. The summed E-state index contributed by atoms with van der Waals surface area (Å²) in [5.74, 6) is 0.0765. The van der Waals surface area contributed by atoms with Gasteiger partial charge in [-0.05, 0) is 26.3 Å². The molecule has 0 bridgehead atoms. The summed E-state index contributed by atoms with van der Waals surface area (Å²) in [6, 6.07) is 0. The number of nitrogens with one attached hydrogen (secondary N) is 1. The zero-order chi connectivity index (χ0) is 13.2. The van der Waals surface area contributed by atoms with Crippen LogP contribution >= 0.6 is 48.6 Å². The molecule has 0 amide bonds. The van der Waals surface area contributed by atoms with Crippen LogP contribution in [0.3, 0.4) is 0 Å². The molecule has 3 rings (SSSR count). The van der Waals surface area contributed by atoms with Crippen LogP contribution in [-0.2, 0) is 4.74 Å². The number of imidazole rings is 1. The van der Waals surface area contributed by atoms with E-state index in [1.54, 1.807) is 29.0 Å². The van der Waals surface area contributed by atoms with E-state index in [-0.39, 0.29) is 43.2 Å². The molecule has 0 spiro atoms. The summed E-state index contributed by atoms with van der Waals surface area (Å²) in [6.07, 6.45) is 3.98. The lowest BCUT2D eigenvalue weighted by Crippen LogP contribution is -2.28. The molecule has 1 saturated heterocycles. The lowest BCUT2D eigenvalue weighted by atomic mass is 10.0. The third-order valence-electron chi connectivity index (χ3n) is 3.19. The summed E-state index contributed by atoms with van der Waals surface area (Å²) in [5, 5.41) is 8.99. The van der Waals surface area contributed by atoms with Crippen LogP contribution in [0.1, 0.15) is 41.2 Å². The molecular formula is C12H19Cl3N4O2S. The Morgan fingerprint density at radius 1 is 1.50 bits per heavy atom. The number of nitrogens with zero attached hydrogens (tertiary/aromatic N) is 3. The van der Waals surface area contributed by atoms with Gasteiger partial charge in [0.15, 0.2) is 5.69 Å². The Labute approximate surface area is 151 Å². The SMILES string of the molecule is CCOC(=O)c1cn2nc(C3CCCNC3)sc2n1.Cl.Cl.Cl. The molecule has 22 heavy (non-hydrogen) atoms. The van der Waals surface area contributed by atoms with Crippen molar-refractivity contribution in [3.8, 4) is 0 Å². The number of carbonyl (C=O) groups is 1. The summed E-state index contributed by atoms with van der Waals surface area (Å²) < 4.78 is 6.61. The second kappa shape index (κ2) is 9.52. The van der Waals surface area contributed by atoms with Crippen molar-refractivity contribution < 1.29 is 9.53 Å². The van der Waals surface area contributed by atoms with Gasteiger partial charge in [-0.2, -0.15) is 5.10 Å². The third kappa shape index (κ3) is 4.45. The number of hydrogen-bond acceptors (Lipinski definition) is 6. The van der Waals surface area contributed by atoms with Gasteiger partial charge >= 0.3 is 5.97 Å². The zero-order valence-electron chi connectivity index (χ0n) is 12.0. The first kappa shape index (κ1) is 21.4. The number of aromatic nitrogens is 3. The molecule has 6 nitrogen and oxygen atoms in total. The van der Waals surface area contributed by atoms with E-state index in [4.69, 9.17) is 4.74 Å². The normalized spacial score (nSPS) is 17.0. The maximum atomic E-state index is 11.6. The highest BCUT2D eigenvalue weighted by Gasteiger charge is 2.21. The van der Waals surface area contributed by atoms with Crippen molar-refractivity contribution >= 4 is 59.5 Å². The van der Waals surface area contributed by atoms with Gasteiger partial charge < -0.3 is 10.1 Å². The molecule has 2 aromatic heterocycles. The highest BCUT2D eigenvalue weighted by Crippen LogP contribution is 2.27. The number of ether oxygens (including phenoxy) is 1. The molecule has 0 aliphatic carbocycles. The average molecular weight is 390 g/mol. The monoisotopic (exact) mass is 388 g/mol. The topological polar surface area (TPSA) is 68.5 Å². The minimum absolute atomic E-state index is 0. The highest BCUT2D eigenvalue weighted by molar-refractivity contribution is 7.16. The Morgan fingerprint density at radius 3 is 2.86 bits per heavy atom. The maximum Gasteiger partial charge on any atom is 0.358 e. The van der Waals surface area contributed by atoms with Crippen LogP contribution in [0.4, 0.5) is 0 Å². The molecule has 126 valence electrons. The predicted molar refractivity (Wildman–Crippen MR) is 93.4 cm³/mol. The second-order valence-electron chi connectivity index (χ2n) is 4.56. The number of esters is 1. The number of fused-ring (bicyclic) bond motifs is 1. The Kier molecular flexibility index (Phi) is 9.26. The first-order valence-electron chi connectivity index (χ1n) is 6.52. The van der Waals surface area contributed by atoms with Crippen LogP contribution in [0.15, 0.2) is 6.20 Å². The Morgan fingerprint density at radius 2 is 2.27 bits per heavy atom. The van der Waals surface area contributed by atoms with E-state index in [0.29, 0.717) is 18.2 Å². The van der Waals surface area contributed by atoms with Crippen LogP contribution in [0.25, 0.3) is 4.96 Å². The second-order valence-corrected chi connectivity index (χ2v) is 5.54. The first-order valence-corrected chi connectivity index (χ1v) is 7.33. The van der Waals surface area contributed by atoms with Crippen LogP contribution in [0, 0.1) is 0 Å². The smallest absolute Gasteiger partial charge is 0.358 e. The van der Waals surface area contributed by atoms with Gasteiger partial charge in [-0.25, -0.2) is 14.3 Å². The van der Waals surface area contributed by atoms with E-state index in [2.05, 4.69) is 15.4 Å². The third-order valence-corrected chi connectivity index (χ3v) is 4.27. The van der Waals surface area contributed by atoms with Gasteiger partial charge in [-0.15, -0.1) is 37.2 Å². The van der Waals surface area contributed by atoms with Gasteiger partial charge in [-0.1, -0.05) is 11.3 Å². The van der Waals surface area contributed by atoms with Gasteiger partial charge in [0.2, 0.25) is 4.96 Å². The molecule has 2 aromatic rings. The molecule has 1 aliphatic heterocycles. The fraction of sp³-hybridized carbons (Fsp3) is 0.583. The molecule has 3 heterocycles. The van der Waals surface area contributed by atoms with Gasteiger partial charge in [0.05, 0.1) is 12.8 Å². The van der Waals surface area contributed by atoms with E-state index in [1.807, 2.05) is 0 Å². The molecular weight excluding hydrogens is 371 g/mol. The molecule has 1 atom stereocenters. The van der Waals surface area contributed by atoms with Gasteiger partial charge in [-0.3, -0.25) is 0 Å². The van der Waals surface area contributed by atoms with E-state index in [9.17, 15) is 4.79 Å². The molecule has 1 N–H and O–H groups in total. The van der Waals surface area contributed by atoms with E-state index >= 15 is 0 Å². The highest BCUT2D eigenvalue weighted by atomic mass is 35.5. The Bertz CT molecular complexity index is 567. The van der Waals surface area contributed by atoms with Gasteiger partial charge in [0.1, 0.15) is 5.01 Å². The largest absolute Gasteiger partial charge is 0.461 e. The summed E-state index contributed by atoms with van der Waals surface area (Å²) in [4.78, 5) is 16.6. The Hall–Kier alpha value is -0.600. The summed E-state index contributed by atoms with van der Waals surface area (Å²) in [6.45, 7) is 4.20. The lowest BCUT2D eigenvalue weighted by Gasteiger charge is -2.19. The Balaban J connectivity index is 0.00000147. The summed E-state index contributed by atoms with van der Waals surface area (Å²) in [7, 11) is 0. The molecule has 0 saturated carbocycles. The molecule has 1 aliphatic rings. The molecule has 10 heteroatoms. The van der Waals surface area contributed by atoms with Crippen molar-refractivity contribution in [2.75, 3.05) is 19.7 Å². The number of halogens is 3. The predicted octanol–water partition coefficient (Wildman–Crippen LogP) is 2.70. The van der Waals surface area contributed by atoms with Crippen molar-refractivity contribution in [1.82, 2.24) is 19.9 Å². The van der Waals surface area contributed by atoms with Crippen molar-refractivity contribution in [1.29, 1.82) is 0 Å². The average Bonchev–Trinajstić information content (AvgIpc) is 2.98. The lowest BCUT2D eigenvalue weighted by molar-refractivity contribution is 0.0520. The minimum atomic E-state index is -0.388. The number of carbonyl (C=O) groups excluding carboxylic acids is 1. The van der Waals surface area contributed by atoms with Crippen molar-refractivity contribution in [2.45, 2.75) is 25.7 Å². The summed E-state index contributed by atoms with van der Waals surface area (Å²) in [5.41, 5.74) is 0.328. The molecule has 0 aromatic carbocycles. The van der Waals surface area contributed by atoms with E-state index in [0.717, 1.165) is 29.5 Å². The fourth-order valence-corrected chi connectivity index (χ4v) is 3.26. The number of piperidine rings is 1. The van der Waals surface area contributed by atoms with Crippen LogP contribution in [-0.4, -0.2) is 40.3 Å². The summed E-state index contributed by atoms with van der Waals surface area (Å²) >= 11 is 1.55. The van der Waals surface area contributed by atoms with E-state index in [1.165, 1.54) is 6.42 Å². The van der Waals surface area contributed by atoms with Gasteiger partial charge in [0.25, 0.3) is 0 Å². The molecule has 1 fully saturated rings. The number of hydrogen-bond donors (Lipinski definition) is 1. The number of rotatable bonds is 3. The minimum Gasteiger partial charge on any atom is -0.461 e. The van der Waals surface area contributed by atoms with Crippen molar-refractivity contribution in [3.05, 3.63) is 16.9 Å². The maximum absolute atomic E-state index is 11.6. The quantitative estimate of drug-likeness (QED) is 0.817. The van der Waals surface area contributed by atoms with Crippen LogP contribution < -0.4 is 5.32 Å². The van der Waals surface area contributed by atoms with Crippen LogP contribution in [0.5, 0.6) is 0 Å². The van der Waals surface area contributed by atoms with Gasteiger partial charge in [0, 0.05) is 12.5 Å². The molecule has 1 unspecified atom stereocenters. The van der Waals surface area contributed by atoms with Crippen molar-refractivity contribution in [3.63, 3.8) is 0 Å².